The van der Waals surface area contributed by atoms with Gasteiger partial charge in [0.25, 0.3) is 0 Å². The normalized spacial score (nSPS) is 14.5. The predicted molar refractivity (Wildman–Crippen MR) is 123 cm³/mol. The summed E-state index contributed by atoms with van der Waals surface area (Å²) in [6.45, 7) is 6.11. The molecule has 0 aliphatic rings. The zero-order valence-corrected chi connectivity index (χ0v) is 18.8. The Labute approximate surface area is 185 Å². The van der Waals surface area contributed by atoms with E-state index in [2.05, 4.69) is 20.9 Å². The molecule has 10 heteroatoms. The first-order valence-electron chi connectivity index (χ1n) is 10.6. The Hall–Kier alpha value is -2.59. The zero-order valence-electron chi connectivity index (χ0n) is 18.8. The number of benzene rings is 1. The standard InChI is InChI=1S/C21H36BN5O4/c1-14(2)13-18(22(30)31)27-20(29)17(11-8-12-25-21(23)24-4)26-19(28)15(3)16-9-6-5-7-10-16/h5-7,9-10,14-15,17-18,30-31H,8,11-13H2,1-4H3,(H,26,28)(H,27,29)(H3,23,24,25)/t15?,17-,18-/m0/s1. The minimum absolute atomic E-state index is 0.152. The van der Waals surface area contributed by atoms with E-state index in [1.54, 1.807) is 14.0 Å². The molecule has 3 atom stereocenters. The van der Waals surface area contributed by atoms with Crippen LogP contribution in [0.15, 0.2) is 35.3 Å². The van der Waals surface area contributed by atoms with Gasteiger partial charge in [0.2, 0.25) is 11.8 Å². The topological polar surface area (TPSA) is 149 Å². The van der Waals surface area contributed by atoms with Gasteiger partial charge in [0.15, 0.2) is 5.96 Å². The maximum absolute atomic E-state index is 12.9. The molecule has 7 N–H and O–H groups in total. The van der Waals surface area contributed by atoms with Gasteiger partial charge in [0.1, 0.15) is 6.04 Å². The maximum atomic E-state index is 12.9. The predicted octanol–water partition coefficient (Wildman–Crippen LogP) is 0.132. The van der Waals surface area contributed by atoms with Crippen molar-refractivity contribution in [3.8, 4) is 0 Å². The van der Waals surface area contributed by atoms with Crippen molar-refractivity contribution in [2.75, 3.05) is 13.6 Å². The first kappa shape index (κ1) is 26.5. The molecule has 0 saturated heterocycles. The Morgan fingerprint density at radius 2 is 1.74 bits per heavy atom. The molecule has 2 amide bonds. The number of hydrogen-bond acceptors (Lipinski definition) is 5. The van der Waals surface area contributed by atoms with E-state index >= 15 is 0 Å². The second-order valence-electron chi connectivity index (χ2n) is 8.03. The highest BCUT2D eigenvalue weighted by Gasteiger charge is 2.30. The van der Waals surface area contributed by atoms with Gasteiger partial charge < -0.3 is 31.7 Å². The van der Waals surface area contributed by atoms with Crippen molar-refractivity contribution in [2.24, 2.45) is 16.6 Å². The molecule has 0 fully saturated rings. The summed E-state index contributed by atoms with van der Waals surface area (Å²) in [4.78, 5) is 29.5. The van der Waals surface area contributed by atoms with Crippen molar-refractivity contribution in [3.63, 3.8) is 0 Å². The van der Waals surface area contributed by atoms with Gasteiger partial charge in [-0.1, -0.05) is 44.2 Å². The SMILES string of the molecule is CN=C(N)NCCC[C@H](NC(=O)C(C)c1ccccc1)C(=O)N[C@@H](CC(C)C)B(O)O. The average molecular weight is 433 g/mol. The van der Waals surface area contributed by atoms with E-state index in [-0.39, 0.29) is 11.8 Å². The highest BCUT2D eigenvalue weighted by molar-refractivity contribution is 6.43. The fraction of sp³-hybridized carbons (Fsp3) is 0.571. The molecule has 0 bridgehead atoms. The van der Waals surface area contributed by atoms with Crippen LogP contribution < -0.4 is 21.7 Å². The van der Waals surface area contributed by atoms with E-state index in [4.69, 9.17) is 5.73 Å². The van der Waals surface area contributed by atoms with Gasteiger partial charge in [0.05, 0.1) is 11.9 Å². The fourth-order valence-electron chi connectivity index (χ4n) is 3.11. The second-order valence-corrected chi connectivity index (χ2v) is 8.03. The smallest absolute Gasteiger partial charge is 0.426 e. The lowest BCUT2D eigenvalue weighted by Crippen LogP contribution is -2.54. The van der Waals surface area contributed by atoms with E-state index in [0.29, 0.717) is 31.8 Å². The van der Waals surface area contributed by atoms with Crippen LogP contribution in [0.2, 0.25) is 0 Å². The van der Waals surface area contributed by atoms with Crippen LogP contribution in [0.4, 0.5) is 0 Å². The van der Waals surface area contributed by atoms with Gasteiger partial charge in [-0.15, -0.1) is 0 Å². The van der Waals surface area contributed by atoms with Crippen LogP contribution in [0.25, 0.3) is 0 Å². The summed E-state index contributed by atoms with van der Waals surface area (Å²) >= 11 is 0. The molecule has 0 aliphatic heterocycles. The van der Waals surface area contributed by atoms with E-state index in [9.17, 15) is 19.6 Å². The number of guanidine groups is 1. The molecule has 1 rings (SSSR count). The minimum Gasteiger partial charge on any atom is -0.426 e. The molecule has 1 aromatic rings. The number of carbonyl (C=O) groups is 2. The Kier molecular flexibility index (Phi) is 11.7. The van der Waals surface area contributed by atoms with E-state index < -0.39 is 30.9 Å². The first-order valence-corrected chi connectivity index (χ1v) is 10.6. The molecule has 172 valence electrons. The second kappa shape index (κ2) is 13.7. The third-order valence-electron chi connectivity index (χ3n) is 4.96. The van der Waals surface area contributed by atoms with Crippen LogP contribution in [-0.2, 0) is 9.59 Å². The van der Waals surface area contributed by atoms with Crippen molar-refractivity contribution in [2.45, 2.75) is 57.9 Å². The van der Waals surface area contributed by atoms with Gasteiger partial charge in [-0.3, -0.25) is 14.6 Å². The highest BCUT2D eigenvalue weighted by Crippen LogP contribution is 2.15. The number of amides is 2. The molecule has 0 heterocycles. The molecular formula is C21H36BN5O4. The lowest BCUT2D eigenvalue weighted by molar-refractivity contribution is -0.130. The van der Waals surface area contributed by atoms with Crippen LogP contribution >= 0.6 is 0 Å². The minimum atomic E-state index is -1.69. The van der Waals surface area contributed by atoms with Crippen molar-refractivity contribution >= 4 is 24.9 Å². The lowest BCUT2D eigenvalue weighted by atomic mass is 9.75. The molecule has 9 nitrogen and oxygen atoms in total. The lowest BCUT2D eigenvalue weighted by Gasteiger charge is -2.25. The van der Waals surface area contributed by atoms with Crippen LogP contribution in [0.5, 0.6) is 0 Å². The number of nitrogens with one attached hydrogen (secondary N) is 3. The fourth-order valence-corrected chi connectivity index (χ4v) is 3.11. The monoisotopic (exact) mass is 433 g/mol. The van der Waals surface area contributed by atoms with E-state index in [1.165, 1.54) is 0 Å². The summed E-state index contributed by atoms with van der Waals surface area (Å²) in [6.07, 6.45) is 1.29. The van der Waals surface area contributed by atoms with Gasteiger partial charge in [0, 0.05) is 13.6 Å². The summed E-state index contributed by atoms with van der Waals surface area (Å²) < 4.78 is 0. The third-order valence-corrected chi connectivity index (χ3v) is 4.96. The molecule has 0 spiro atoms. The molecule has 0 radical (unpaired) electrons. The van der Waals surface area contributed by atoms with Gasteiger partial charge in [-0.05, 0) is 37.7 Å². The molecule has 31 heavy (non-hydrogen) atoms. The number of carbonyl (C=O) groups excluding carboxylic acids is 2. The third kappa shape index (κ3) is 9.84. The summed E-state index contributed by atoms with van der Waals surface area (Å²) in [5.41, 5.74) is 6.46. The molecule has 0 saturated carbocycles. The Balaban J connectivity index is 2.85. The van der Waals surface area contributed by atoms with Crippen molar-refractivity contribution < 1.29 is 19.6 Å². The summed E-state index contributed by atoms with van der Waals surface area (Å²) in [5, 5.41) is 27.7. The summed E-state index contributed by atoms with van der Waals surface area (Å²) in [7, 11) is -0.119. The highest BCUT2D eigenvalue weighted by atomic mass is 16.4. The zero-order chi connectivity index (χ0) is 23.4. The van der Waals surface area contributed by atoms with Crippen LogP contribution in [0.1, 0.15) is 51.5 Å². The van der Waals surface area contributed by atoms with Crippen LogP contribution in [0.3, 0.4) is 0 Å². The van der Waals surface area contributed by atoms with Crippen molar-refractivity contribution in [3.05, 3.63) is 35.9 Å². The molecular weight excluding hydrogens is 397 g/mol. The van der Waals surface area contributed by atoms with Crippen LogP contribution in [0, 0.1) is 5.92 Å². The van der Waals surface area contributed by atoms with Gasteiger partial charge in [-0.2, -0.15) is 0 Å². The number of aliphatic imine (C=N–C) groups is 1. The van der Waals surface area contributed by atoms with Gasteiger partial charge >= 0.3 is 7.12 Å². The Morgan fingerprint density at radius 3 is 2.29 bits per heavy atom. The van der Waals surface area contributed by atoms with E-state index in [1.807, 2.05) is 44.2 Å². The number of hydrogen-bond donors (Lipinski definition) is 6. The maximum Gasteiger partial charge on any atom is 0.475 e. The summed E-state index contributed by atoms with van der Waals surface area (Å²) in [6, 6.07) is 8.47. The quantitative estimate of drug-likeness (QED) is 0.119. The Morgan fingerprint density at radius 1 is 1.10 bits per heavy atom. The molecule has 0 aromatic heterocycles. The number of nitrogens with zero attached hydrogens (tertiary/aromatic N) is 1. The Bertz CT molecular complexity index is 715. The van der Waals surface area contributed by atoms with Crippen molar-refractivity contribution in [1.82, 2.24) is 16.0 Å². The first-order chi connectivity index (χ1) is 14.6. The molecule has 1 aromatic carbocycles. The summed E-state index contributed by atoms with van der Waals surface area (Å²) in [5.74, 6) is -1.54. The largest absolute Gasteiger partial charge is 0.475 e. The number of nitrogens with two attached hydrogens (primary N) is 1. The number of rotatable bonds is 12. The van der Waals surface area contributed by atoms with Gasteiger partial charge in [-0.25, -0.2) is 0 Å². The van der Waals surface area contributed by atoms with E-state index in [0.717, 1.165) is 5.56 Å². The molecule has 1 unspecified atom stereocenters. The average Bonchev–Trinajstić information content (AvgIpc) is 2.74. The van der Waals surface area contributed by atoms with Crippen LogP contribution in [-0.4, -0.2) is 60.5 Å². The molecule has 0 aliphatic carbocycles. The van der Waals surface area contributed by atoms with Crippen molar-refractivity contribution in [1.29, 1.82) is 0 Å².